The molecule has 0 amide bonds. The summed E-state index contributed by atoms with van der Waals surface area (Å²) < 4.78 is 0. The van der Waals surface area contributed by atoms with Crippen LogP contribution in [0.5, 0.6) is 0 Å². The maximum Gasteiger partial charge on any atom is 0.0581 e. The van der Waals surface area contributed by atoms with Crippen molar-refractivity contribution >= 4 is 11.6 Å². The molecule has 0 aromatic heterocycles. The van der Waals surface area contributed by atoms with Crippen molar-refractivity contribution in [2.24, 2.45) is 11.5 Å². The van der Waals surface area contributed by atoms with E-state index in [1.807, 2.05) is 6.08 Å². The van der Waals surface area contributed by atoms with E-state index >= 15 is 0 Å². The number of halogens is 1. The Kier molecular flexibility index (Phi) is 3.65. The van der Waals surface area contributed by atoms with E-state index in [0.717, 1.165) is 18.4 Å². The van der Waals surface area contributed by atoms with E-state index in [-0.39, 0.29) is 0 Å². The van der Waals surface area contributed by atoms with Crippen LogP contribution in [0.1, 0.15) is 12.8 Å². The second-order valence-electron chi connectivity index (χ2n) is 2.79. The molecule has 3 heteroatoms. The van der Waals surface area contributed by atoms with Crippen molar-refractivity contribution in [2.75, 3.05) is 0 Å². The highest BCUT2D eigenvalue weighted by Gasteiger charge is 2.00. The van der Waals surface area contributed by atoms with Gasteiger partial charge in [0.25, 0.3) is 0 Å². The van der Waals surface area contributed by atoms with E-state index in [9.17, 15) is 0 Å². The summed E-state index contributed by atoms with van der Waals surface area (Å²) in [7, 11) is 0. The topological polar surface area (TPSA) is 52.0 Å². The van der Waals surface area contributed by atoms with Crippen LogP contribution in [0, 0.1) is 0 Å². The molecule has 0 unspecified atom stereocenters. The van der Waals surface area contributed by atoms with Crippen LogP contribution in [0.25, 0.3) is 0 Å². The molecule has 0 saturated heterocycles. The van der Waals surface area contributed by atoms with Crippen LogP contribution >= 0.6 is 11.6 Å². The molecule has 1 rings (SSSR count). The van der Waals surface area contributed by atoms with Gasteiger partial charge in [-0.2, -0.15) is 0 Å². The summed E-state index contributed by atoms with van der Waals surface area (Å²) in [5.74, 6) is 0. The van der Waals surface area contributed by atoms with E-state index in [2.05, 4.69) is 12.2 Å². The maximum absolute atomic E-state index is 5.79. The molecular formula is C10H13ClN2. The summed E-state index contributed by atoms with van der Waals surface area (Å²) in [6.07, 6.45) is 11.3. The molecule has 2 nitrogen and oxygen atoms in total. The number of rotatable bonds is 2. The van der Waals surface area contributed by atoms with E-state index in [0.29, 0.717) is 10.7 Å². The summed E-state index contributed by atoms with van der Waals surface area (Å²) in [4.78, 5) is 0. The van der Waals surface area contributed by atoms with Gasteiger partial charge in [-0.25, -0.2) is 0 Å². The summed E-state index contributed by atoms with van der Waals surface area (Å²) in [5, 5.41) is 0.456. The number of allylic oxidation sites excluding steroid dienone is 5. The lowest BCUT2D eigenvalue weighted by atomic mass is 10.0. The van der Waals surface area contributed by atoms with Gasteiger partial charge in [-0.15, -0.1) is 0 Å². The van der Waals surface area contributed by atoms with Gasteiger partial charge in [0, 0.05) is 11.9 Å². The van der Waals surface area contributed by atoms with Crippen LogP contribution in [0.15, 0.2) is 46.8 Å². The Balaban J connectivity index is 2.77. The van der Waals surface area contributed by atoms with Crippen LogP contribution in [0.2, 0.25) is 0 Å². The quantitative estimate of drug-likeness (QED) is 0.665. The molecule has 4 N–H and O–H groups in total. The molecule has 0 fully saturated rings. The first-order valence-electron chi connectivity index (χ1n) is 4.15. The molecule has 0 saturated carbocycles. The molecular weight excluding hydrogens is 184 g/mol. The molecule has 0 aromatic rings. The third kappa shape index (κ3) is 2.99. The molecule has 0 aliphatic heterocycles. The van der Waals surface area contributed by atoms with E-state index < -0.39 is 0 Å². The molecule has 0 heterocycles. The standard InChI is InChI=1S/C10H13ClN2/c11-9(7-12)6-10(13)8-4-2-1-3-5-8/h2,4-7H,1,3,12-13H2/b9-7+,10-6-. The van der Waals surface area contributed by atoms with E-state index in [1.165, 1.54) is 6.20 Å². The zero-order valence-electron chi connectivity index (χ0n) is 7.33. The minimum atomic E-state index is 0.456. The van der Waals surface area contributed by atoms with Crippen molar-refractivity contribution in [2.45, 2.75) is 12.8 Å². The largest absolute Gasteiger partial charge is 0.403 e. The highest BCUT2D eigenvalue weighted by molar-refractivity contribution is 6.31. The Morgan fingerprint density at radius 1 is 1.46 bits per heavy atom. The van der Waals surface area contributed by atoms with Gasteiger partial charge in [-0.1, -0.05) is 29.8 Å². The van der Waals surface area contributed by atoms with Gasteiger partial charge in [0.05, 0.1) is 5.03 Å². The molecule has 0 atom stereocenters. The van der Waals surface area contributed by atoms with Crippen molar-refractivity contribution in [3.63, 3.8) is 0 Å². The monoisotopic (exact) mass is 196 g/mol. The fraction of sp³-hybridized carbons (Fsp3) is 0.200. The number of hydrogen-bond acceptors (Lipinski definition) is 2. The Bertz CT molecular complexity index is 298. The first-order valence-corrected chi connectivity index (χ1v) is 4.53. The predicted octanol–water partition coefficient (Wildman–Crippen LogP) is 2.14. The molecule has 0 aromatic carbocycles. The minimum Gasteiger partial charge on any atom is -0.403 e. The molecule has 13 heavy (non-hydrogen) atoms. The lowest BCUT2D eigenvalue weighted by Gasteiger charge is -2.06. The van der Waals surface area contributed by atoms with Gasteiger partial charge in [0.15, 0.2) is 0 Å². The maximum atomic E-state index is 5.79. The Hall–Kier alpha value is -1.15. The smallest absolute Gasteiger partial charge is 0.0581 e. The van der Waals surface area contributed by atoms with Crippen molar-refractivity contribution in [1.29, 1.82) is 0 Å². The van der Waals surface area contributed by atoms with Crippen LogP contribution in [-0.2, 0) is 0 Å². The van der Waals surface area contributed by atoms with Gasteiger partial charge >= 0.3 is 0 Å². The summed E-state index contributed by atoms with van der Waals surface area (Å²) in [5.41, 5.74) is 12.7. The zero-order chi connectivity index (χ0) is 9.68. The second-order valence-corrected chi connectivity index (χ2v) is 3.23. The molecule has 1 aliphatic carbocycles. The Morgan fingerprint density at radius 3 is 2.77 bits per heavy atom. The highest BCUT2D eigenvalue weighted by atomic mass is 35.5. The SMILES string of the molecule is N/C=C(Cl)\C=C(/N)C1=CCCC=C1. The number of hydrogen-bond donors (Lipinski definition) is 2. The first-order chi connectivity index (χ1) is 6.24. The van der Waals surface area contributed by atoms with E-state index in [1.54, 1.807) is 6.08 Å². The van der Waals surface area contributed by atoms with Crippen LogP contribution in [0.4, 0.5) is 0 Å². The van der Waals surface area contributed by atoms with E-state index in [4.69, 9.17) is 23.1 Å². The second kappa shape index (κ2) is 4.77. The Morgan fingerprint density at radius 2 is 2.23 bits per heavy atom. The lowest BCUT2D eigenvalue weighted by molar-refractivity contribution is 1.02. The van der Waals surface area contributed by atoms with Crippen molar-refractivity contribution in [3.8, 4) is 0 Å². The Labute approximate surface area is 83.2 Å². The average molecular weight is 197 g/mol. The molecule has 70 valence electrons. The highest BCUT2D eigenvalue weighted by Crippen LogP contribution is 2.16. The van der Waals surface area contributed by atoms with Crippen molar-refractivity contribution < 1.29 is 0 Å². The van der Waals surface area contributed by atoms with Crippen LogP contribution in [0.3, 0.4) is 0 Å². The third-order valence-electron chi connectivity index (χ3n) is 1.78. The predicted molar refractivity (Wildman–Crippen MR) is 56.9 cm³/mol. The van der Waals surface area contributed by atoms with Gasteiger partial charge in [0.2, 0.25) is 0 Å². The van der Waals surface area contributed by atoms with Gasteiger partial charge < -0.3 is 11.5 Å². The summed E-state index contributed by atoms with van der Waals surface area (Å²) in [6, 6.07) is 0. The molecule has 1 aliphatic rings. The van der Waals surface area contributed by atoms with Gasteiger partial charge in [0.1, 0.15) is 0 Å². The summed E-state index contributed by atoms with van der Waals surface area (Å²) in [6.45, 7) is 0. The minimum absolute atomic E-state index is 0.456. The fourth-order valence-corrected chi connectivity index (χ4v) is 1.23. The molecule has 0 radical (unpaired) electrons. The normalized spacial score (nSPS) is 18.7. The fourth-order valence-electron chi connectivity index (χ4n) is 1.11. The molecule has 0 bridgehead atoms. The zero-order valence-corrected chi connectivity index (χ0v) is 8.09. The lowest BCUT2D eigenvalue weighted by Crippen LogP contribution is -2.01. The van der Waals surface area contributed by atoms with Gasteiger partial charge in [-0.3, -0.25) is 0 Å². The number of nitrogens with two attached hydrogens (primary N) is 2. The van der Waals surface area contributed by atoms with Crippen LogP contribution < -0.4 is 11.5 Å². The van der Waals surface area contributed by atoms with Gasteiger partial charge in [-0.05, 0) is 24.5 Å². The average Bonchev–Trinajstić information content (AvgIpc) is 2.19. The van der Waals surface area contributed by atoms with Crippen LogP contribution in [-0.4, -0.2) is 0 Å². The van der Waals surface area contributed by atoms with Crippen molar-refractivity contribution in [3.05, 3.63) is 46.8 Å². The van der Waals surface area contributed by atoms with Crippen molar-refractivity contribution in [1.82, 2.24) is 0 Å². The first kappa shape index (κ1) is 9.93. The molecule has 0 spiro atoms. The summed E-state index contributed by atoms with van der Waals surface area (Å²) >= 11 is 5.71. The third-order valence-corrected chi connectivity index (χ3v) is 2.02.